The van der Waals surface area contributed by atoms with Gasteiger partial charge >= 0.3 is 5.97 Å². The number of ether oxygens (including phenoxy) is 1. The second kappa shape index (κ2) is 5.65. The predicted octanol–water partition coefficient (Wildman–Crippen LogP) is 1.08. The molecule has 0 aromatic carbocycles. The molecule has 0 heterocycles. The van der Waals surface area contributed by atoms with Gasteiger partial charge in [0.05, 0.1) is 12.2 Å². The monoisotopic (exact) mass is 156 g/mol. The average molecular weight is 156 g/mol. The molecule has 0 atom stereocenters. The Balaban J connectivity index is 3.91. The summed E-state index contributed by atoms with van der Waals surface area (Å²) < 4.78 is 4.70. The van der Waals surface area contributed by atoms with Crippen LogP contribution >= 0.6 is 0 Å². The van der Waals surface area contributed by atoms with E-state index in [0.717, 1.165) is 6.42 Å². The molecule has 0 saturated heterocycles. The van der Waals surface area contributed by atoms with Gasteiger partial charge in [0.2, 0.25) is 0 Å². The van der Waals surface area contributed by atoms with Crippen LogP contribution in [0.3, 0.4) is 0 Å². The smallest absolute Gasteiger partial charge is 0.341 e. The van der Waals surface area contributed by atoms with Crippen molar-refractivity contribution < 1.29 is 14.3 Å². The SMILES string of the molecule is CC=C(C=O)C(=O)OCCC. The third-order valence-electron chi connectivity index (χ3n) is 1.11. The quantitative estimate of drug-likeness (QED) is 0.201. The largest absolute Gasteiger partial charge is 0.462 e. The van der Waals surface area contributed by atoms with E-state index in [9.17, 15) is 9.59 Å². The van der Waals surface area contributed by atoms with E-state index in [2.05, 4.69) is 0 Å². The van der Waals surface area contributed by atoms with Crippen LogP contribution in [0.4, 0.5) is 0 Å². The first kappa shape index (κ1) is 9.88. The van der Waals surface area contributed by atoms with Gasteiger partial charge in [0.25, 0.3) is 0 Å². The zero-order valence-corrected chi connectivity index (χ0v) is 6.79. The average Bonchev–Trinajstić information content (AvgIpc) is 2.03. The van der Waals surface area contributed by atoms with Crippen molar-refractivity contribution >= 4 is 12.3 Å². The Kier molecular flexibility index (Phi) is 5.07. The van der Waals surface area contributed by atoms with Gasteiger partial charge in [0.15, 0.2) is 6.29 Å². The molecule has 0 aromatic heterocycles. The van der Waals surface area contributed by atoms with E-state index in [1.807, 2.05) is 6.92 Å². The summed E-state index contributed by atoms with van der Waals surface area (Å²) in [6.07, 6.45) is 2.70. The second-order valence-corrected chi connectivity index (χ2v) is 2.00. The molecule has 0 aromatic rings. The van der Waals surface area contributed by atoms with Crippen molar-refractivity contribution in [3.8, 4) is 0 Å². The predicted molar refractivity (Wildman–Crippen MR) is 41.1 cm³/mol. The number of hydrogen-bond acceptors (Lipinski definition) is 3. The molecule has 0 aliphatic carbocycles. The van der Waals surface area contributed by atoms with E-state index in [1.54, 1.807) is 6.92 Å². The Morgan fingerprint density at radius 2 is 2.18 bits per heavy atom. The number of aldehydes is 1. The van der Waals surface area contributed by atoms with Crippen molar-refractivity contribution in [1.29, 1.82) is 0 Å². The first-order valence-corrected chi connectivity index (χ1v) is 3.54. The van der Waals surface area contributed by atoms with Crippen molar-refractivity contribution in [3.05, 3.63) is 11.6 Å². The van der Waals surface area contributed by atoms with E-state index < -0.39 is 5.97 Å². The highest BCUT2D eigenvalue weighted by Gasteiger charge is 2.06. The third-order valence-corrected chi connectivity index (χ3v) is 1.11. The molecule has 0 fully saturated rings. The van der Waals surface area contributed by atoms with Gasteiger partial charge in [-0.1, -0.05) is 13.0 Å². The number of allylic oxidation sites excluding steroid dienone is 1. The van der Waals surface area contributed by atoms with E-state index >= 15 is 0 Å². The van der Waals surface area contributed by atoms with Crippen molar-refractivity contribution in [3.63, 3.8) is 0 Å². The fourth-order valence-corrected chi connectivity index (χ4v) is 0.512. The molecule has 0 N–H and O–H groups in total. The summed E-state index contributed by atoms with van der Waals surface area (Å²) in [5.74, 6) is -0.538. The van der Waals surface area contributed by atoms with Crippen LogP contribution in [0.15, 0.2) is 11.6 Å². The highest BCUT2D eigenvalue weighted by Crippen LogP contribution is 1.94. The zero-order chi connectivity index (χ0) is 8.69. The first-order valence-electron chi connectivity index (χ1n) is 3.54. The Morgan fingerprint density at radius 3 is 2.55 bits per heavy atom. The fourth-order valence-electron chi connectivity index (χ4n) is 0.512. The van der Waals surface area contributed by atoms with Gasteiger partial charge in [-0.15, -0.1) is 0 Å². The third kappa shape index (κ3) is 3.55. The molecule has 0 bridgehead atoms. The minimum absolute atomic E-state index is 0.0819. The van der Waals surface area contributed by atoms with Crippen LogP contribution in [0.1, 0.15) is 20.3 Å². The molecule has 0 radical (unpaired) electrons. The lowest BCUT2D eigenvalue weighted by Gasteiger charge is -2.00. The van der Waals surface area contributed by atoms with Crippen LogP contribution in [0.25, 0.3) is 0 Å². The number of rotatable bonds is 4. The molecule has 62 valence electrons. The minimum atomic E-state index is -0.538. The summed E-state index contributed by atoms with van der Waals surface area (Å²) >= 11 is 0. The van der Waals surface area contributed by atoms with Crippen molar-refractivity contribution in [1.82, 2.24) is 0 Å². The maximum absolute atomic E-state index is 10.8. The Labute approximate surface area is 66.0 Å². The minimum Gasteiger partial charge on any atom is -0.462 e. The topological polar surface area (TPSA) is 43.4 Å². The molecule has 11 heavy (non-hydrogen) atoms. The lowest BCUT2D eigenvalue weighted by Crippen LogP contribution is -2.09. The van der Waals surface area contributed by atoms with Crippen molar-refractivity contribution in [2.75, 3.05) is 6.61 Å². The van der Waals surface area contributed by atoms with E-state index in [1.165, 1.54) is 6.08 Å². The summed E-state index contributed by atoms with van der Waals surface area (Å²) in [5, 5.41) is 0. The molecule has 0 aliphatic rings. The summed E-state index contributed by atoms with van der Waals surface area (Å²) in [5.41, 5.74) is 0.0819. The molecule has 0 rings (SSSR count). The van der Waals surface area contributed by atoms with Crippen molar-refractivity contribution in [2.24, 2.45) is 0 Å². The highest BCUT2D eigenvalue weighted by molar-refractivity contribution is 6.07. The van der Waals surface area contributed by atoms with Gasteiger partial charge in [-0.3, -0.25) is 4.79 Å². The Bertz CT molecular complexity index is 170. The van der Waals surface area contributed by atoms with Crippen LogP contribution in [-0.4, -0.2) is 18.9 Å². The van der Waals surface area contributed by atoms with Gasteiger partial charge in [-0.25, -0.2) is 4.79 Å². The van der Waals surface area contributed by atoms with Crippen molar-refractivity contribution in [2.45, 2.75) is 20.3 Å². The van der Waals surface area contributed by atoms with Crippen LogP contribution in [0.2, 0.25) is 0 Å². The summed E-state index contributed by atoms with van der Waals surface area (Å²) in [6.45, 7) is 3.88. The van der Waals surface area contributed by atoms with Gasteiger partial charge in [-0.2, -0.15) is 0 Å². The van der Waals surface area contributed by atoms with E-state index in [0.29, 0.717) is 12.9 Å². The first-order chi connectivity index (χ1) is 5.26. The molecular weight excluding hydrogens is 144 g/mol. The van der Waals surface area contributed by atoms with Crippen LogP contribution in [0, 0.1) is 0 Å². The number of esters is 1. The van der Waals surface area contributed by atoms with Crippen LogP contribution < -0.4 is 0 Å². The molecule has 3 nitrogen and oxygen atoms in total. The van der Waals surface area contributed by atoms with Gasteiger partial charge in [0, 0.05) is 0 Å². The molecule has 0 amide bonds. The van der Waals surface area contributed by atoms with Gasteiger partial charge in [-0.05, 0) is 13.3 Å². The molecule has 0 saturated carbocycles. The maximum atomic E-state index is 10.8. The standard InChI is InChI=1S/C8H12O3/c1-3-5-11-8(10)7(4-2)6-9/h4,6H,3,5H2,1-2H3. The Morgan fingerprint density at radius 1 is 1.55 bits per heavy atom. The molecule has 0 unspecified atom stereocenters. The van der Waals surface area contributed by atoms with Gasteiger partial charge < -0.3 is 4.74 Å². The van der Waals surface area contributed by atoms with Gasteiger partial charge in [0.1, 0.15) is 0 Å². The van der Waals surface area contributed by atoms with Crippen LogP contribution in [-0.2, 0) is 14.3 Å². The maximum Gasteiger partial charge on any atom is 0.341 e. The molecule has 0 aliphatic heterocycles. The fraction of sp³-hybridized carbons (Fsp3) is 0.500. The lowest BCUT2D eigenvalue weighted by atomic mass is 10.3. The van der Waals surface area contributed by atoms with E-state index in [4.69, 9.17) is 4.74 Å². The van der Waals surface area contributed by atoms with E-state index in [-0.39, 0.29) is 5.57 Å². The zero-order valence-electron chi connectivity index (χ0n) is 6.79. The molecular formula is C8H12O3. The lowest BCUT2D eigenvalue weighted by molar-refractivity contribution is -0.139. The highest BCUT2D eigenvalue weighted by atomic mass is 16.5. The van der Waals surface area contributed by atoms with Crippen LogP contribution in [0.5, 0.6) is 0 Å². The normalized spacial score (nSPS) is 10.9. The summed E-state index contributed by atoms with van der Waals surface area (Å²) in [7, 11) is 0. The second-order valence-electron chi connectivity index (χ2n) is 2.00. The molecule has 0 spiro atoms. The number of hydrogen-bond donors (Lipinski definition) is 0. The number of carbonyl (C=O) groups is 2. The number of carbonyl (C=O) groups excluding carboxylic acids is 2. The summed E-state index contributed by atoms with van der Waals surface area (Å²) in [4.78, 5) is 21.0. The molecule has 3 heteroatoms. The summed E-state index contributed by atoms with van der Waals surface area (Å²) in [6, 6.07) is 0. The Hall–Kier alpha value is -1.12.